The first-order valence-corrected chi connectivity index (χ1v) is 11.4. The molecule has 1 aromatic heterocycles. The third-order valence-electron chi connectivity index (χ3n) is 5.13. The van der Waals surface area contributed by atoms with Gasteiger partial charge < -0.3 is 10.6 Å². The van der Waals surface area contributed by atoms with Gasteiger partial charge in [0.15, 0.2) is 11.5 Å². The molecule has 1 aromatic rings. The average Bonchev–Trinajstić information content (AvgIpc) is 2.72. The number of aromatic nitrogens is 1. The van der Waals surface area contributed by atoms with Gasteiger partial charge in [0.25, 0.3) is 5.91 Å². The number of pyridine rings is 1. The van der Waals surface area contributed by atoms with Crippen molar-refractivity contribution in [3.63, 3.8) is 0 Å². The van der Waals surface area contributed by atoms with Crippen molar-refractivity contribution in [2.24, 2.45) is 10.7 Å². The highest BCUT2D eigenvalue weighted by Gasteiger charge is 2.43. The number of carbonyl (C=O) groups is 2. The first-order chi connectivity index (χ1) is 15.7. The molecule has 2 rings (SSSR count). The average molecular weight is 525 g/mol. The second-order valence-electron chi connectivity index (χ2n) is 8.63. The number of hydrogen-bond donors (Lipinski definition) is 1. The Hall–Kier alpha value is -2.20. The lowest BCUT2D eigenvalue weighted by Gasteiger charge is -2.29. The standard InChI is InChI=1S/C22H26Cl2F4N4O2/c1-21(2,25)12-32(11-17(33)18-15(23)9-30-10-16(18)24)20(34)14(8-29)19(22(26,27)28)31-13-6-4-3-5-7-13/h8-10,13H,3-7,11-12,29H2,1-2H3. The van der Waals surface area contributed by atoms with Gasteiger partial charge in [0.1, 0.15) is 5.67 Å². The molecule has 12 heteroatoms. The molecule has 0 aliphatic heterocycles. The highest BCUT2D eigenvalue weighted by Crippen LogP contribution is 2.29. The van der Waals surface area contributed by atoms with Crippen LogP contribution in [-0.4, -0.2) is 58.3 Å². The molecule has 34 heavy (non-hydrogen) atoms. The molecule has 1 aliphatic carbocycles. The molecule has 0 unspecified atom stereocenters. The first-order valence-electron chi connectivity index (χ1n) is 10.6. The summed E-state index contributed by atoms with van der Waals surface area (Å²) in [4.78, 5) is 34.3. The maximum Gasteiger partial charge on any atom is 0.433 e. The number of amides is 1. The molecule has 2 N–H and O–H groups in total. The predicted octanol–water partition coefficient (Wildman–Crippen LogP) is 5.33. The zero-order chi connectivity index (χ0) is 25.7. The fraction of sp³-hybridized carbons (Fsp3) is 0.545. The molecule has 0 atom stereocenters. The smallest absolute Gasteiger partial charge is 0.404 e. The molecule has 0 saturated heterocycles. The summed E-state index contributed by atoms with van der Waals surface area (Å²) in [5, 5.41) is -0.234. The molecule has 0 spiro atoms. The number of alkyl halides is 4. The van der Waals surface area contributed by atoms with E-state index in [1.807, 2.05) is 0 Å². The molecule has 6 nitrogen and oxygen atoms in total. The van der Waals surface area contributed by atoms with Crippen LogP contribution < -0.4 is 5.73 Å². The van der Waals surface area contributed by atoms with E-state index >= 15 is 0 Å². The van der Waals surface area contributed by atoms with Crippen LogP contribution in [0.15, 0.2) is 29.2 Å². The highest BCUT2D eigenvalue weighted by molar-refractivity contribution is 6.39. The molecule has 1 heterocycles. The van der Waals surface area contributed by atoms with Crippen LogP contribution in [0.25, 0.3) is 0 Å². The molecule has 1 saturated carbocycles. The summed E-state index contributed by atoms with van der Waals surface area (Å²) in [5.41, 5.74) is 0.825. The van der Waals surface area contributed by atoms with Gasteiger partial charge >= 0.3 is 6.18 Å². The Labute approximate surface area is 205 Å². The Morgan fingerprint density at radius 2 is 1.71 bits per heavy atom. The molecule has 1 aliphatic rings. The summed E-state index contributed by atoms with van der Waals surface area (Å²) >= 11 is 12.0. The molecule has 0 aromatic carbocycles. The molecule has 0 bridgehead atoms. The number of rotatable bonds is 8. The number of Topliss-reactive ketones (excluding diaryl/α,β-unsaturated/α-hetero) is 1. The monoisotopic (exact) mass is 524 g/mol. The van der Waals surface area contributed by atoms with Gasteiger partial charge in [0.2, 0.25) is 0 Å². The Morgan fingerprint density at radius 3 is 2.18 bits per heavy atom. The molecular weight excluding hydrogens is 499 g/mol. The second-order valence-corrected chi connectivity index (χ2v) is 9.44. The second kappa shape index (κ2) is 11.5. The van der Waals surface area contributed by atoms with Crippen LogP contribution in [0.4, 0.5) is 17.6 Å². The van der Waals surface area contributed by atoms with Crippen LogP contribution in [0.5, 0.6) is 0 Å². The number of halogens is 6. The van der Waals surface area contributed by atoms with Gasteiger partial charge in [-0.2, -0.15) is 13.2 Å². The van der Waals surface area contributed by atoms with Gasteiger partial charge in [0, 0.05) is 18.6 Å². The minimum Gasteiger partial charge on any atom is -0.404 e. The number of ketones is 1. The third kappa shape index (κ3) is 7.66. The SMILES string of the molecule is CC(C)(F)CN(CC(=O)c1c(Cl)cncc1Cl)C(=O)C(=CN)C(=NC1CCCCC1)C(F)(F)F. The number of aliphatic imine (C=N–C) groups is 1. The molecule has 1 amide bonds. The Bertz CT molecular complexity index is 948. The summed E-state index contributed by atoms with van der Waals surface area (Å²) in [7, 11) is 0. The lowest BCUT2D eigenvalue weighted by molar-refractivity contribution is -0.128. The van der Waals surface area contributed by atoms with Gasteiger partial charge in [-0.1, -0.05) is 42.5 Å². The number of hydrogen-bond acceptors (Lipinski definition) is 5. The Balaban J connectivity index is 2.44. The topological polar surface area (TPSA) is 88.7 Å². The van der Waals surface area contributed by atoms with Crippen molar-refractivity contribution in [1.29, 1.82) is 0 Å². The van der Waals surface area contributed by atoms with E-state index in [4.69, 9.17) is 28.9 Å². The maximum atomic E-state index is 14.5. The lowest BCUT2D eigenvalue weighted by Crippen LogP contribution is -2.46. The van der Waals surface area contributed by atoms with Crippen LogP contribution in [0.2, 0.25) is 10.0 Å². The van der Waals surface area contributed by atoms with Crippen molar-refractivity contribution >= 4 is 40.6 Å². The maximum absolute atomic E-state index is 14.5. The molecule has 1 fully saturated rings. The van der Waals surface area contributed by atoms with Crippen molar-refractivity contribution in [1.82, 2.24) is 9.88 Å². The number of nitrogens with two attached hydrogens (primary N) is 1. The molecular formula is C22H26Cl2F4N4O2. The van der Waals surface area contributed by atoms with Crippen molar-refractivity contribution < 1.29 is 27.2 Å². The zero-order valence-electron chi connectivity index (χ0n) is 18.8. The summed E-state index contributed by atoms with van der Waals surface area (Å²) in [5.74, 6) is -2.08. The number of nitrogens with zero attached hydrogens (tertiary/aromatic N) is 3. The summed E-state index contributed by atoms with van der Waals surface area (Å²) in [6, 6.07) is -0.616. The highest BCUT2D eigenvalue weighted by atomic mass is 35.5. The largest absolute Gasteiger partial charge is 0.433 e. The van der Waals surface area contributed by atoms with Crippen molar-refractivity contribution in [2.45, 2.75) is 63.8 Å². The summed E-state index contributed by atoms with van der Waals surface area (Å²) < 4.78 is 56.3. The van der Waals surface area contributed by atoms with Crippen LogP contribution in [0.1, 0.15) is 56.3 Å². The third-order valence-corrected chi connectivity index (χ3v) is 5.70. The van der Waals surface area contributed by atoms with E-state index in [1.165, 1.54) is 0 Å². The lowest BCUT2D eigenvalue weighted by atomic mass is 9.95. The quantitative estimate of drug-likeness (QED) is 0.215. The van der Waals surface area contributed by atoms with E-state index in [2.05, 4.69) is 9.98 Å². The minimum atomic E-state index is -4.99. The van der Waals surface area contributed by atoms with Gasteiger partial charge in [0.05, 0.1) is 40.3 Å². The fourth-order valence-electron chi connectivity index (χ4n) is 3.69. The van der Waals surface area contributed by atoms with Crippen LogP contribution in [0, 0.1) is 0 Å². The van der Waals surface area contributed by atoms with E-state index in [0.29, 0.717) is 23.9 Å². The first kappa shape index (κ1) is 28.0. The van der Waals surface area contributed by atoms with Gasteiger partial charge in [-0.15, -0.1) is 0 Å². The molecule has 188 valence electrons. The van der Waals surface area contributed by atoms with Crippen molar-refractivity contribution in [2.75, 3.05) is 13.1 Å². The zero-order valence-corrected chi connectivity index (χ0v) is 20.3. The van der Waals surface area contributed by atoms with E-state index in [0.717, 1.165) is 45.5 Å². The van der Waals surface area contributed by atoms with Crippen LogP contribution >= 0.6 is 23.2 Å². The Morgan fingerprint density at radius 1 is 1.15 bits per heavy atom. The van der Waals surface area contributed by atoms with E-state index in [-0.39, 0.29) is 15.6 Å². The van der Waals surface area contributed by atoms with Crippen molar-refractivity contribution in [3.05, 3.63) is 39.8 Å². The Kier molecular flexibility index (Phi) is 9.47. The van der Waals surface area contributed by atoms with Gasteiger partial charge in [-0.25, -0.2) is 4.39 Å². The minimum absolute atomic E-state index is 0.117. The predicted molar refractivity (Wildman–Crippen MR) is 123 cm³/mol. The molecule has 0 radical (unpaired) electrons. The number of carbonyl (C=O) groups excluding carboxylic acids is 2. The van der Waals surface area contributed by atoms with Crippen LogP contribution in [-0.2, 0) is 4.79 Å². The van der Waals surface area contributed by atoms with Gasteiger partial charge in [-0.05, 0) is 26.7 Å². The normalized spacial score (nSPS) is 16.5. The van der Waals surface area contributed by atoms with Gasteiger partial charge in [-0.3, -0.25) is 19.6 Å². The van der Waals surface area contributed by atoms with E-state index < -0.39 is 54.0 Å². The van der Waals surface area contributed by atoms with E-state index in [1.54, 1.807) is 0 Å². The van der Waals surface area contributed by atoms with Crippen LogP contribution in [0.3, 0.4) is 0 Å². The van der Waals surface area contributed by atoms with E-state index in [9.17, 15) is 27.2 Å². The fourth-order valence-corrected chi connectivity index (χ4v) is 4.27. The summed E-state index contributed by atoms with van der Waals surface area (Å²) in [6.45, 7) is 0.763. The van der Waals surface area contributed by atoms with Crippen molar-refractivity contribution in [3.8, 4) is 0 Å². The summed E-state index contributed by atoms with van der Waals surface area (Å²) in [6.07, 6.45) is 1.04.